The fourth-order valence-corrected chi connectivity index (χ4v) is 1.51. The lowest BCUT2D eigenvalue weighted by molar-refractivity contribution is 0.112. The molecule has 0 bridgehead atoms. The molecule has 92 valence electrons. The van der Waals surface area contributed by atoms with Crippen LogP contribution in [-0.4, -0.2) is 23.9 Å². The van der Waals surface area contributed by atoms with Crippen molar-refractivity contribution in [2.75, 3.05) is 12.5 Å². The van der Waals surface area contributed by atoms with E-state index in [2.05, 4.69) is 0 Å². The first-order valence-corrected chi connectivity index (χ1v) is 5.93. The van der Waals surface area contributed by atoms with Gasteiger partial charge in [-0.15, -0.1) is 11.6 Å². The zero-order valence-corrected chi connectivity index (χ0v) is 10.4. The molecule has 0 aliphatic carbocycles. The molecule has 1 aromatic rings. The zero-order valence-electron chi connectivity index (χ0n) is 9.65. The van der Waals surface area contributed by atoms with Gasteiger partial charge in [-0.1, -0.05) is 12.2 Å². The third-order valence-corrected chi connectivity index (χ3v) is 2.35. The van der Waals surface area contributed by atoms with Gasteiger partial charge < -0.3 is 9.84 Å². The monoisotopic (exact) mass is 254 g/mol. The number of aldehydes is 1. The van der Waals surface area contributed by atoms with Crippen LogP contribution in [0.3, 0.4) is 0 Å². The number of rotatable bonds is 6. The second kappa shape index (κ2) is 6.97. The number of phenols is 1. The summed E-state index contributed by atoms with van der Waals surface area (Å²) in [5, 5.41) is 9.91. The third kappa shape index (κ3) is 3.79. The van der Waals surface area contributed by atoms with E-state index < -0.39 is 0 Å². The van der Waals surface area contributed by atoms with Gasteiger partial charge in [0.05, 0.1) is 6.61 Å². The van der Waals surface area contributed by atoms with E-state index >= 15 is 0 Å². The fraction of sp³-hybridized carbons (Fsp3) is 0.308. The van der Waals surface area contributed by atoms with Gasteiger partial charge >= 0.3 is 0 Å². The molecule has 0 spiro atoms. The van der Waals surface area contributed by atoms with Crippen LogP contribution in [0.1, 0.15) is 29.3 Å². The highest BCUT2D eigenvalue weighted by Crippen LogP contribution is 2.32. The molecular weight excluding hydrogens is 240 g/mol. The first kappa shape index (κ1) is 13.6. The number of allylic oxidation sites excluding steroid dienone is 1. The van der Waals surface area contributed by atoms with Gasteiger partial charge in [0.2, 0.25) is 0 Å². The summed E-state index contributed by atoms with van der Waals surface area (Å²) >= 11 is 5.55. The van der Waals surface area contributed by atoms with Crippen LogP contribution < -0.4 is 4.74 Å². The van der Waals surface area contributed by atoms with E-state index in [0.717, 1.165) is 6.29 Å². The molecule has 0 unspecified atom stereocenters. The van der Waals surface area contributed by atoms with E-state index in [0.29, 0.717) is 35.8 Å². The smallest absolute Gasteiger partial charge is 0.165 e. The predicted octanol–water partition coefficient (Wildman–Crippen LogP) is 3.25. The van der Waals surface area contributed by atoms with Crippen molar-refractivity contribution in [3.63, 3.8) is 0 Å². The van der Waals surface area contributed by atoms with Crippen LogP contribution in [0.15, 0.2) is 18.2 Å². The minimum absolute atomic E-state index is 0.0447. The number of ether oxygens (including phenoxy) is 1. The Morgan fingerprint density at radius 1 is 1.47 bits per heavy atom. The summed E-state index contributed by atoms with van der Waals surface area (Å²) in [7, 11) is 0. The Morgan fingerprint density at radius 3 is 2.82 bits per heavy atom. The van der Waals surface area contributed by atoms with Crippen LogP contribution in [0.2, 0.25) is 0 Å². The highest BCUT2D eigenvalue weighted by molar-refractivity contribution is 6.17. The van der Waals surface area contributed by atoms with Gasteiger partial charge in [0.1, 0.15) is 6.29 Å². The van der Waals surface area contributed by atoms with Crippen molar-refractivity contribution in [1.82, 2.24) is 0 Å². The van der Waals surface area contributed by atoms with E-state index in [1.54, 1.807) is 12.1 Å². The molecule has 0 saturated heterocycles. The Bertz CT molecular complexity index is 413. The Morgan fingerprint density at radius 2 is 2.24 bits per heavy atom. The normalized spacial score (nSPS) is 10.7. The zero-order chi connectivity index (χ0) is 12.7. The number of hydrogen-bond acceptors (Lipinski definition) is 3. The van der Waals surface area contributed by atoms with Gasteiger partial charge in [-0.05, 0) is 25.5 Å². The molecule has 0 aliphatic rings. The van der Waals surface area contributed by atoms with Crippen LogP contribution in [0.25, 0.3) is 6.08 Å². The van der Waals surface area contributed by atoms with E-state index in [4.69, 9.17) is 16.3 Å². The first-order valence-electron chi connectivity index (χ1n) is 5.40. The van der Waals surface area contributed by atoms with Crippen molar-refractivity contribution in [2.45, 2.75) is 13.3 Å². The molecule has 0 aromatic heterocycles. The van der Waals surface area contributed by atoms with Crippen LogP contribution >= 0.6 is 11.6 Å². The molecule has 1 N–H and O–H groups in total. The molecule has 4 heteroatoms. The average molecular weight is 255 g/mol. The Labute approximate surface area is 106 Å². The maximum Gasteiger partial charge on any atom is 0.165 e. The van der Waals surface area contributed by atoms with Crippen molar-refractivity contribution in [1.29, 1.82) is 0 Å². The molecule has 0 radical (unpaired) electrons. The maximum atomic E-state index is 10.8. The minimum atomic E-state index is 0.0447. The summed E-state index contributed by atoms with van der Waals surface area (Å²) in [5.74, 6) is 0.883. The van der Waals surface area contributed by atoms with Gasteiger partial charge in [-0.3, -0.25) is 4.79 Å². The lowest BCUT2D eigenvalue weighted by Crippen LogP contribution is -1.94. The number of alkyl halides is 1. The molecule has 0 saturated carbocycles. The number of carbonyl (C=O) groups excluding carboxylic acids is 1. The summed E-state index contributed by atoms with van der Waals surface area (Å²) in [6, 6.07) is 3.13. The van der Waals surface area contributed by atoms with E-state index in [-0.39, 0.29) is 5.75 Å². The molecule has 17 heavy (non-hydrogen) atoms. The van der Waals surface area contributed by atoms with Gasteiger partial charge in [-0.25, -0.2) is 0 Å². The lowest BCUT2D eigenvalue weighted by Gasteiger charge is -2.09. The van der Waals surface area contributed by atoms with E-state index in [1.165, 1.54) is 6.07 Å². The van der Waals surface area contributed by atoms with Crippen LogP contribution in [0.5, 0.6) is 11.5 Å². The molecular formula is C13H15ClO3. The molecule has 1 rings (SSSR count). The Kier molecular flexibility index (Phi) is 5.57. The minimum Gasteiger partial charge on any atom is -0.504 e. The number of benzene rings is 1. The summed E-state index contributed by atoms with van der Waals surface area (Å²) in [4.78, 5) is 10.8. The SMILES string of the molecule is CCOc1cc(C=O)cc(C=CCCCl)c1O. The summed E-state index contributed by atoms with van der Waals surface area (Å²) in [6.07, 6.45) is 5.00. The predicted molar refractivity (Wildman–Crippen MR) is 69.0 cm³/mol. The average Bonchev–Trinajstić information content (AvgIpc) is 2.34. The van der Waals surface area contributed by atoms with E-state index in [1.807, 2.05) is 13.0 Å². The molecule has 0 aliphatic heterocycles. The number of aromatic hydroxyl groups is 1. The van der Waals surface area contributed by atoms with Crippen molar-refractivity contribution < 1.29 is 14.6 Å². The lowest BCUT2D eigenvalue weighted by atomic mass is 10.1. The maximum absolute atomic E-state index is 10.8. The standard InChI is InChI=1S/C13H15ClO3/c1-2-17-12-8-10(9-15)7-11(13(12)16)5-3-4-6-14/h3,5,7-9,16H,2,4,6H2,1H3. The fourth-order valence-electron chi connectivity index (χ4n) is 1.39. The van der Waals surface area contributed by atoms with Crippen molar-refractivity contribution in [3.05, 3.63) is 29.3 Å². The number of carbonyl (C=O) groups is 1. The topological polar surface area (TPSA) is 46.5 Å². The number of halogens is 1. The summed E-state index contributed by atoms with van der Waals surface area (Å²) < 4.78 is 5.26. The Hall–Kier alpha value is -1.48. The highest BCUT2D eigenvalue weighted by atomic mass is 35.5. The molecule has 3 nitrogen and oxygen atoms in total. The van der Waals surface area contributed by atoms with Crippen molar-refractivity contribution >= 4 is 24.0 Å². The molecule has 1 aromatic carbocycles. The quantitative estimate of drug-likeness (QED) is 0.626. The first-order chi connectivity index (χ1) is 8.22. The van der Waals surface area contributed by atoms with Crippen molar-refractivity contribution in [2.24, 2.45) is 0 Å². The van der Waals surface area contributed by atoms with Crippen molar-refractivity contribution in [3.8, 4) is 11.5 Å². The van der Waals surface area contributed by atoms with E-state index in [9.17, 15) is 9.90 Å². The van der Waals surface area contributed by atoms with Gasteiger partial charge in [0.25, 0.3) is 0 Å². The number of phenolic OH excluding ortho intramolecular Hbond substituents is 1. The van der Waals surface area contributed by atoms with Crippen LogP contribution in [-0.2, 0) is 0 Å². The van der Waals surface area contributed by atoms with Crippen LogP contribution in [0.4, 0.5) is 0 Å². The van der Waals surface area contributed by atoms with Gasteiger partial charge in [-0.2, -0.15) is 0 Å². The molecule has 0 amide bonds. The number of hydrogen-bond donors (Lipinski definition) is 1. The highest BCUT2D eigenvalue weighted by Gasteiger charge is 2.08. The second-order valence-electron chi connectivity index (χ2n) is 3.39. The summed E-state index contributed by atoms with van der Waals surface area (Å²) in [6.45, 7) is 2.25. The molecule has 0 fully saturated rings. The second-order valence-corrected chi connectivity index (χ2v) is 3.77. The van der Waals surface area contributed by atoms with Crippen LogP contribution in [0, 0.1) is 0 Å². The largest absolute Gasteiger partial charge is 0.504 e. The molecule has 0 atom stereocenters. The molecule has 0 heterocycles. The summed E-state index contributed by atoms with van der Waals surface area (Å²) in [5.41, 5.74) is 1.03. The van der Waals surface area contributed by atoms with Gasteiger partial charge in [0.15, 0.2) is 11.5 Å². The third-order valence-electron chi connectivity index (χ3n) is 2.14. The Balaban J connectivity index is 3.09. The van der Waals surface area contributed by atoms with Gasteiger partial charge in [0, 0.05) is 17.0 Å².